The lowest BCUT2D eigenvalue weighted by atomic mass is 9.98. The first-order chi connectivity index (χ1) is 24.0. The molecular weight excluding hydrogens is 616 g/mol. The molecule has 0 spiro atoms. The number of ether oxygens (including phenoxy) is 2. The summed E-state index contributed by atoms with van der Waals surface area (Å²) in [6.45, 7) is 0.211. The fourth-order valence-electron chi connectivity index (χ4n) is 7.43. The van der Waals surface area contributed by atoms with Crippen LogP contribution in [0, 0.1) is 0 Å². The van der Waals surface area contributed by atoms with Crippen LogP contribution in [0.1, 0.15) is 39.7 Å². The largest absolute Gasteiger partial charge is 0.480 e. The van der Waals surface area contributed by atoms with Gasteiger partial charge >= 0.3 is 18.2 Å². The lowest BCUT2D eigenvalue weighted by molar-refractivity contribution is -0.139. The van der Waals surface area contributed by atoms with E-state index in [1.807, 2.05) is 91.0 Å². The van der Waals surface area contributed by atoms with Gasteiger partial charge in [-0.3, -0.25) is 4.57 Å². The van der Waals surface area contributed by atoms with Crippen molar-refractivity contribution in [2.45, 2.75) is 24.3 Å². The number of carboxylic acids is 1. The quantitative estimate of drug-likeness (QED) is 0.173. The standard InChI is InChI=1S/C41H32N2O6/c44-39(45)37(42-40(46)48-23-35-31-16-5-1-12-27(31)28-13-2-6-17-32(28)35)21-25-22-43(38-20-10-9-11-26(25)38)41(47)49-24-36-33-18-7-3-14-29(33)30-15-4-8-19-34(30)36/h1-20,22,35-37H,21,23-24H2,(H,42,46)(H,44,45)/t37-/m1/s1. The van der Waals surface area contributed by atoms with E-state index in [-0.39, 0.29) is 31.5 Å². The van der Waals surface area contributed by atoms with Crippen LogP contribution < -0.4 is 5.32 Å². The minimum atomic E-state index is -1.29. The summed E-state index contributed by atoms with van der Waals surface area (Å²) in [6.07, 6.45) is 0.137. The number of aliphatic carboxylic acids is 1. The zero-order chi connectivity index (χ0) is 33.5. The van der Waals surface area contributed by atoms with Gasteiger partial charge in [-0.05, 0) is 56.1 Å². The topological polar surface area (TPSA) is 107 Å². The van der Waals surface area contributed by atoms with E-state index in [2.05, 4.69) is 29.6 Å². The summed E-state index contributed by atoms with van der Waals surface area (Å²) < 4.78 is 12.9. The predicted octanol–water partition coefficient (Wildman–Crippen LogP) is 7.97. The van der Waals surface area contributed by atoms with Gasteiger partial charge in [-0.25, -0.2) is 14.4 Å². The molecular formula is C41H32N2O6. The highest BCUT2D eigenvalue weighted by molar-refractivity contribution is 5.93. The van der Waals surface area contributed by atoms with E-state index >= 15 is 0 Å². The molecule has 1 amide bonds. The third-order valence-electron chi connectivity index (χ3n) is 9.69. The lowest BCUT2D eigenvalue weighted by Crippen LogP contribution is -2.42. The van der Waals surface area contributed by atoms with Gasteiger partial charge in [-0.1, -0.05) is 115 Å². The van der Waals surface area contributed by atoms with Gasteiger partial charge < -0.3 is 19.9 Å². The van der Waals surface area contributed by atoms with Gasteiger partial charge in [0.2, 0.25) is 0 Å². The normalized spacial score (nSPS) is 13.6. The smallest absolute Gasteiger partial charge is 0.418 e. The van der Waals surface area contributed by atoms with Crippen LogP contribution in [0.25, 0.3) is 33.2 Å². The second-order valence-corrected chi connectivity index (χ2v) is 12.4. The Hall–Kier alpha value is -6.15. The highest BCUT2D eigenvalue weighted by Gasteiger charge is 2.32. The zero-order valence-electron chi connectivity index (χ0n) is 26.4. The first-order valence-electron chi connectivity index (χ1n) is 16.3. The molecule has 2 N–H and O–H groups in total. The van der Waals surface area contributed by atoms with E-state index < -0.39 is 24.2 Å². The number of rotatable bonds is 8. The SMILES string of the molecule is O=C(N[C@H](Cc1cn(C(=O)OCC2c3ccccc3-c3ccccc32)c2ccccc12)C(=O)O)OCC1c2ccccc2-c2ccccc21. The number of aromatic nitrogens is 1. The van der Waals surface area contributed by atoms with Crippen LogP contribution in [0.4, 0.5) is 9.59 Å². The molecule has 1 heterocycles. The second kappa shape index (κ2) is 12.5. The Labute approximate surface area is 282 Å². The van der Waals surface area contributed by atoms with Gasteiger partial charge in [0.05, 0.1) is 5.52 Å². The molecule has 49 heavy (non-hydrogen) atoms. The fraction of sp³-hybridized carbons (Fsp3) is 0.146. The number of hydrogen-bond donors (Lipinski definition) is 2. The van der Waals surface area contributed by atoms with Crippen LogP contribution in [-0.2, 0) is 20.7 Å². The molecule has 8 rings (SSSR count). The van der Waals surface area contributed by atoms with Crippen molar-refractivity contribution < 1.29 is 29.0 Å². The van der Waals surface area contributed by atoms with E-state index in [0.717, 1.165) is 44.5 Å². The van der Waals surface area contributed by atoms with Crippen LogP contribution >= 0.6 is 0 Å². The number of fused-ring (bicyclic) bond motifs is 7. The number of nitrogens with zero attached hydrogens (tertiary/aromatic N) is 1. The van der Waals surface area contributed by atoms with E-state index in [1.165, 1.54) is 4.57 Å². The molecule has 0 radical (unpaired) electrons. The minimum Gasteiger partial charge on any atom is -0.480 e. The number of amides is 1. The lowest BCUT2D eigenvalue weighted by Gasteiger charge is -2.17. The van der Waals surface area contributed by atoms with E-state index in [9.17, 15) is 19.5 Å². The zero-order valence-corrected chi connectivity index (χ0v) is 26.4. The number of benzene rings is 5. The maximum Gasteiger partial charge on any atom is 0.418 e. The Balaban J connectivity index is 0.972. The van der Waals surface area contributed by atoms with Crippen molar-refractivity contribution in [1.29, 1.82) is 0 Å². The Kier molecular flexibility index (Phi) is 7.68. The van der Waals surface area contributed by atoms with E-state index in [4.69, 9.17) is 9.47 Å². The molecule has 2 aliphatic rings. The summed E-state index contributed by atoms with van der Waals surface area (Å²) in [7, 11) is 0. The van der Waals surface area contributed by atoms with Crippen LogP contribution in [0.2, 0.25) is 0 Å². The van der Waals surface area contributed by atoms with Crippen molar-refractivity contribution >= 4 is 29.1 Å². The molecule has 5 aromatic carbocycles. The van der Waals surface area contributed by atoms with Crippen molar-refractivity contribution in [2.75, 3.05) is 13.2 Å². The van der Waals surface area contributed by atoms with Crippen molar-refractivity contribution in [3.63, 3.8) is 0 Å². The van der Waals surface area contributed by atoms with Gasteiger partial charge in [0.25, 0.3) is 0 Å². The minimum absolute atomic E-state index is 0.0628. The average molecular weight is 649 g/mol. The Morgan fingerprint density at radius 1 is 0.633 bits per heavy atom. The molecule has 0 aliphatic heterocycles. The van der Waals surface area contributed by atoms with Crippen LogP contribution in [-0.4, -0.2) is 47.1 Å². The third-order valence-corrected chi connectivity index (χ3v) is 9.69. The molecule has 242 valence electrons. The molecule has 0 bridgehead atoms. The molecule has 0 saturated heterocycles. The highest BCUT2D eigenvalue weighted by atomic mass is 16.6. The highest BCUT2D eigenvalue weighted by Crippen LogP contribution is 2.45. The van der Waals surface area contributed by atoms with Crippen molar-refractivity contribution in [2.24, 2.45) is 0 Å². The molecule has 6 aromatic rings. The maximum absolute atomic E-state index is 13.6. The Bertz CT molecular complexity index is 2160. The van der Waals surface area contributed by atoms with Gasteiger partial charge in [0.15, 0.2) is 0 Å². The molecule has 8 nitrogen and oxygen atoms in total. The van der Waals surface area contributed by atoms with E-state index in [0.29, 0.717) is 16.5 Å². The average Bonchev–Trinajstić information content (AvgIpc) is 3.77. The molecule has 2 aliphatic carbocycles. The van der Waals surface area contributed by atoms with Gasteiger partial charge in [-0.15, -0.1) is 0 Å². The monoisotopic (exact) mass is 648 g/mol. The van der Waals surface area contributed by atoms with Crippen LogP contribution in [0.5, 0.6) is 0 Å². The van der Waals surface area contributed by atoms with Crippen LogP contribution in [0.3, 0.4) is 0 Å². The van der Waals surface area contributed by atoms with Crippen molar-refractivity contribution in [3.8, 4) is 22.3 Å². The molecule has 8 heteroatoms. The van der Waals surface area contributed by atoms with Gasteiger partial charge in [0, 0.05) is 29.8 Å². The Morgan fingerprint density at radius 3 is 1.59 bits per heavy atom. The number of carbonyl (C=O) groups is 3. The summed E-state index contributed by atoms with van der Waals surface area (Å²) in [5.41, 5.74) is 9.98. The Morgan fingerprint density at radius 2 is 1.08 bits per heavy atom. The number of para-hydroxylation sites is 1. The number of alkyl carbamates (subject to hydrolysis) is 1. The summed E-state index contributed by atoms with van der Waals surface area (Å²) in [5, 5.41) is 13.3. The van der Waals surface area contributed by atoms with E-state index in [1.54, 1.807) is 12.3 Å². The maximum atomic E-state index is 13.6. The van der Waals surface area contributed by atoms with Crippen molar-refractivity contribution in [1.82, 2.24) is 9.88 Å². The summed E-state index contributed by atoms with van der Waals surface area (Å²) in [6, 6.07) is 38.2. The third kappa shape index (κ3) is 5.41. The summed E-state index contributed by atoms with van der Waals surface area (Å²) >= 11 is 0. The summed E-state index contributed by atoms with van der Waals surface area (Å²) in [5.74, 6) is -1.47. The first-order valence-corrected chi connectivity index (χ1v) is 16.3. The number of carboxylic acid groups (broad SMARTS) is 1. The van der Waals surface area contributed by atoms with Gasteiger partial charge in [0.1, 0.15) is 19.3 Å². The van der Waals surface area contributed by atoms with Crippen LogP contribution in [0.15, 0.2) is 128 Å². The second-order valence-electron chi connectivity index (χ2n) is 12.4. The number of nitrogens with one attached hydrogen (secondary N) is 1. The van der Waals surface area contributed by atoms with Gasteiger partial charge in [-0.2, -0.15) is 0 Å². The molecule has 1 aromatic heterocycles. The first kappa shape index (κ1) is 30.2. The number of carbonyl (C=O) groups excluding carboxylic acids is 2. The number of hydrogen-bond acceptors (Lipinski definition) is 5. The fourth-order valence-corrected chi connectivity index (χ4v) is 7.43. The molecule has 1 atom stereocenters. The molecule has 0 fully saturated rings. The van der Waals surface area contributed by atoms with Crippen molar-refractivity contribution in [3.05, 3.63) is 155 Å². The predicted molar refractivity (Wildman–Crippen MR) is 186 cm³/mol. The summed E-state index contributed by atoms with van der Waals surface area (Å²) in [4.78, 5) is 39.0. The molecule has 0 saturated carbocycles. The molecule has 0 unspecified atom stereocenters.